The van der Waals surface area contributed by atoms with Crippen LogP contribution in [-0.4, -0.2) is 24.0 Å². The number of amides is 1. The first-order chi connectivity index (χ1) is 8.93. The molecule has 1 aromatic carbocycles. The lowest BCUT2D eigenvalue weighted by atomic mass is 10.2. The molecule has 1 atom stereocenters. The largest absolute Gasteiger partial charge is 0.434 e. The quantitative estimate of drug-likeness (QED) is 0.851. The Morgan fingerprint density at radius 3 is 2.79 bits per heavy atom. The maximum absolute atomic E-state index is 12.3. The number of hydrogen-bond donors (Lipinski definition) is 1. The number of rotatable bonds is 6. The predicted molar refractivity (Wildman–Crippen MR) is 75.6 cm³/mol. The third kappa shape index (κ3) is 5.36. The minimum atomic E-state index is -2.89. The number of carbonyl (C=O) groups is 1. The van der Waals surface area contributed by atoms with Crippen LogP contribution in [0.25, 0.3) is 0 Å². The maximum Gasteiger partial charge on any atom is 0.387 e. The summed E-state index contributed by atoms with van der Waals surface area (Å²) in [6.07, 6.45) is 1.83. The van der Waals surface area contributed by atoms with Crippen LogP contribution in [0.2, 0.25) is 0 Å². The van der Waals surface area contributed by atoms with Gasteiger partial charge in [-0.1, -0.05) is 15.9 Å². The van der Waals surface area contributed by atoms with E-state index in [9.17, 15) is 13.6 Å². The summed E-state index contributed by atoms with van der Waals surface area (Å²) < 4.78 is 29.7. The van der Waals surface area contributed by atoms with Gasteiger partial charge in [-0.05, 0) is 31.4 Å². The number of ether oxygens (including phenoxy) is 1. The zero-order valence-corrected chi connectivity index (χ0v) is 12.9. The molecule has 0 fully saturated rings. The Hall–Kier alpha value is -0.820. The van der Waals surface area contributed by atoms with Crippen molar-refractivity contribution in [3.63, 3.8) is 0 Å². The molecule has 0 bridgehead atoms. The molecule has 0 aromatic heterocycles. The zero-order chi connectivity index (χ0) is 14.4. The summed E-state index contributed by atoms with van der Waals surface area (Å²) in [5.74, 6) is -0.0780. The number of nitrogens with one attached hydrogen (secondary N) is 1. The van der Waals surface area contributed by atoms with Crippen LogP contribution < -0.4 is 10.1 Å². The van der Waals surface area contributed by atoms with Crippen molar-refractivity contribution in [3.8, 4) is 5.75 Å². The highest BCUT2D eigenvalue weighted by atomic mass is 79.9. The summed E-state index contributed by atoms with van der Waals surface area (Å²) in [6, 6.07) is 4.69. The molecule has 1 amide bonds. The van der Waals surface area contributed by atoms with E-state index >= 15 is 0 Å². The molecule has 1 rings (SSSR count). The number of carbonyl (C=O) groups excluding carboxylic acids is 1. The molecule has 1 unspecified atom stereocenters. The fourth-order valence-electron chi connectivity index (χ4n) is 1.33. The summed E-state index contributed by atoms with van der Waals surface area (Å²) in [5, 5.41) is 2.50. The Labute approximate surface area is 123 Å². The number of alkyl halides is 2. The van der Waals surface area contributed by atoms with Crippen molar-refractivity contribution >= 4 is 33.6 Å². The third-order valence-electron chi connectivity index (χ3n) is 2.41. The second-order valence-corrected chi connectivity index (χ2v) is 5.82. The number of hydrogen-bond acceptors (Lipinski definition) is 3. The summed E-state index contributed by atoms with van der Waals surface area (Å²) in [5.41, 5.74) is 0.497. The maximum atomic E-state index is 12.3. The van der Waals surface area contributed by atoms with Gasteiger partial charge in [-0.2, -0.15) is 20.5 Å². The SMILES string of the molecule is CSC(C)C(=O)NCc1cc(Br)ccc1OC(F)F. The molecule has 0 aliphatic heterocycles. The van der Waals surface area contributed by atoms with Crippen molar-refractivity contribution in [2.75, 3.05) is 6.26 Å². The van der Waals surface area contributed by atoms with E-state index in [1.165, 1.54) is 17.8 Å². The topological polar surface area (TPSA) is 38.3 Å². The van der Waals surface area contributed by atoms with E-state index in [0.29, 0.717) is 5.56 Å². The lowest BCUT2D eigenvalue weighted by Gasteiger charge is -2.13. The fraction of sp³-hybridized carbons (Fsp3) is 0.417. The smallest absolute Gasteiger partial charge is 0.387 e. The molecule has 1 N–H and O–H groups in total. The van der Waals surface area contributed by atoms with E-state index in [1.807, 2.05) is 6.26 Å². The van der Waals surface area contributed by atoms with Crippen LogP contribution in [0, 0.1) is 0 Å². The predicted octanol–water partition coefficient (Wildman–Crippen LogP) is 3.42. The van der Waals surface area contributed by atoms with Gasteiger partial charge in [0.05, 0.1) is 5.25 Å². The second kappa shape index (κ2) is 7.69. The van der Waals surface area contributed by atoms with Crippen molar-refractivity contribution in [1.29, 1.82) is 0 Å². The standard InChI is InChI=1S/C12H14BrF2NO2S/c1-7(19-2)11(17)16-6-8-5-9(13)3-4-10(8)18-12(14)15/h3-5,7,12H,6H2,1-2H3,(H,16,17). The first kappa shape index (κ1) is 16.2. The van der Waals surface area contributed by atoms with Crippen molar-refractivity contribution in [1.82, 2.24) is 5.32 Å². The van der Waals surface area contributed by atoms with Crippen molar-refractivity contribution in [3.05, 3.63) is 28.2 Å². The highest BCUT2D eigenvalue weighted by Crippen LogP contribution is 2.24. The summed E-state index contributed by atoms with van der Waals surface area (Å²) in [7, 11) is 0. The van der Waals surface area contributed by atoms with E-state index in [1.54, 1.807) is 19.1 Å². The minimum absolute atomic E-state index is 0.0651. The van der Waals surface area contributed by atoms with E-state index in [0.717, 1.165) is 4.47 Å². The van der Waals surface area contributed by atoms with Gasteiger partial charge in [0.25, 0.3) is 0 Å². The van der Waals surface area contributed by atoms with E-state index < -0.39 is 6.61 Å². The Kier molecular flexibility index (Phi) is 6.57. The Bertz CT molecular complexity index is 446. The second-order valence-electron chi connectivity index (χ2n) is 3.73. The highest BCUT2D eigenvalue weighted by molar-refractivity contribution is 9.10. The molecule has 0 radical (unpaired) electrons. The monoisotopic (exact) mass is 353 g/mol. The molecule has 0 spiro atoms. The van der Waals surface area contributed by atoms with Gasteiger partial charge >= 0.3 is 6.61 Å². The van der Waals surface area contributed by atoms with Crippen LogP contribution in [0.1, 0.15) is 12.5 Å². The molecule has 0 saturated carbocycles. The van der Waals surface area contributed by atoms with Gasteiger partial charge in [0, 0.05) is 16.6 Å². The van der Waals surface area contributed by atoms with Gasteiger partial charge in [-0.25, -0.2) is 0 Å². The molecule has 0 aliphatic rings. The Balaban J connectivity index is 2.75. The van der Waals surface area contributed by atoms with Crippen molar-refractivity contribution < 1.29 is 18.3 Å². The lowest BCUT2D eigenvalue weighted by molar-refractivity contribution is -0.120. The van der Waals surface area contributed by atoms with Crippen molar-refractivity contribution in [2.24, 2.45) is 0 Å². The summed E-state index contributed by atoms with van der Waals surface area (Å²) >= 11 is 4.67. The van der Waals surface area contributed by atoms with Crippen LogP contribution >= 0.6 is 27.7 Å². The van der Waals surface area contributed by atoms with Gasteiger partial charge in [0.1, 0.15) is 5.75 Å². The Morgan fingerprint density at radius 1 is 1.53 bits per heavy atom. The molecule has 0 heterocycles. The summed E-state index contributed by atoms with van der Waals surface area (Å²) in [4.78, 5) is 11.6. The average molecular weight is 354 g/mol. The van der Waals surface area contributed by atoms with E-state index in [-0.39, 0.29) is 23.5 Å². The number of benzene rings is 1. The molecule has 1 aromatic rings. The molecule has 0 aliphatic carbocycles. The molecule has 19 heavy (non-hydrogen) atoms. The Morgan fingerprint density at radius 2 is 2.21 bits per heavy atom. The van der Waals surface area contributed by atoms with Gasteiger partial charge in [0.15, 0.2) is 0 Å². The van der Waals surface area contributed by atoms with Crippen LogP contribution in [-0.2, 0) is 11.3 Å². The molecular formula is C12H14BrF2NO2S. The average Bonchev–Trinajstić information content (AvgIpc) is 2.37. The van der Waals surface area contributed by atoms with Gasteiger partial charge in [-0.3, -0.25) is 4.79 Å². The normalized spacial score (nSPS) is 12.3. The first-order valence-electron chi connectivity index (χ1n) is 5.47. The molecular weight excluding hydrogens is 340 g/mol. The van der Waals surface area contributed by atoms with Crippen molar-refractivity contribution in [2.45, 2.75) is 25.3 Å². The zero-order valence-electron chi connectivity index (χ0n) is 10.5. The molecule has 3 nitrogen and oxygen atoms in total. The number of thioether (sulfide) groups is 1. The van der Waals surface area contributed by atoms with Gasteiger partial charge in [0.2, 0.25) is 5.91 Å². The van der Waals surface area contributed by atoms with Crippen LogP contribution in [0.15, 0.2) is 22.7 Å². The molecule has 0 saturated heterocycles. The van der Waals surface area contributed by atoms with Gasteiger partial charge in [-0.15, -0.1) is 0 Å². The lowest BCUT2D eigenvalue weighted by Crippen LogP contribution is -2.30. The third-order valence-corrected chi connectivity index (χ3v) is 3.83. The minimum Gasteiger partial charge on any atom is -0.434 e. The van der Waals surface area contributed by atoms with Crippen LogP contribution in [0.4, 0.5) is 8.78 Å². The van der Waals surface area contributed by atoms with Gasteiger partial charge < -0.3 is 10.1 Å². The highest BCUT2D eigenvalue weighted by Gasteiger charge is 2.14. The van der Waals surface area contributed by atoms with E-state index in [2.05, 4.69) is 26.0 Å². The van der Waals surface area contributed by atoms with E-state index in [4.69, 9.17) is 0 Å². The van der Waals surface area contributed by atoms with Crippen LogP contribution in [0.3, 0.4) is 0 Å². The fourth-order valence-corrected chi connectivity index (χ4v) is 2.04. The van der Waals surface area contributed by atoms with Crippen LogP contribution in [0.5, 0.6) is 5.75 Å². The number of halogens is 3. The first-order valence-corrected chi connectivity index (χ1v) is 7.56. The summed E-state index contributed by atoms with van der Waals surface area (Å²) in [6.45, 7) is -0.969. The molecule has 7 heteroatoms. The molecule has 106 valence electrons.